The Labute approximate surface area is 127 Å². The van der Waals surface area contributed by atoms with E-state index < -0.39 is 0 Å². The second kappa shape index (κ2) is 5.55. The van der Waals surface area contributed by atoms with Crippen molar-refractivity contribution in [1.82, 2.24) is 9.55 Å². The van der Waals surface area contributed by atoms with Crippen LogP contribution < -0.4 is 0 Å². The van der Waals surface area contributed by atoms with Crippen molar-refractivity contribution in [2.75, 3.05) is 5.75 Å². The molecule has 1 aromatic carbocycles. The van der Waals surface area contributed by atoms with Gasteiger partial charge in [-0.1, -0.05) is 17.7 Å². The van der Waals surface area contributed by atoms with E-state index in [1.165, 1.54) is 18.6 Å². The summed E-state index contributed by atoms with van der Waals surface area (Å²) in [4.78, 5) is 4.65. The number of imidazole rings is 1. The van der Waals surface area contributed by atoms with Crippen molar-refractivity contribution in [2.45, 2.75) is 36.9 Å². The van der Waals surface area contributed by atoms with Gasteiger partial charge in [-0.3, -0.25) is 0 Å². The highest BCUT2D eigenvalue weighted by Crippen LogP contribution is 2.33. The maximum atomic E-state index is 6.35. The average molecular weight is 315 g/mol. The Kier molecular flexibility index (Phi) is 3.97. The molecule has 0 saturated carbocycles. The Balaban J connectivity index is 2.09. The number of alkyl halides is 1. The van der Waals surface area contributed by atoms with Gasteiger partial charge in [0.25, 0.3) is 0 Å². The van der Waals surface area contributed by atoms with Crippen LogP contribution in [0.15, 0.2) is 18.2 Å². The first-order valence-corrected chi connectivity index (χ1v) is 8.43. The van der Waals surface area contributed by atoms with Gasteiger partial charge in [0.05, 0.1) is 21.4 Å². The first kappa shape index (κ1) is 13.6. The number of benzene rings is 1. The maximum absolute atomic E-state index is 6.35. The van der Waals surface area contributed by atoms with Crippen LogP contribution in [0.5, 0.6) is 0 Å². The molecule has 2 aromatic rings. The topological polar surface area (TPSA) is 17.8 Å². The summed E-state index contributed by atoms with van der Waals surface area (Å²) < 4.78 is 2.22. The van der Waals surface area contributed by atoms with Crippen LogP contribution in [0.3, 0.4) is 0 Å². The molecule has 2 unspecified atom stereocenters. The van der Waals surface area contributed by atoms with Gasteiger partial charge >= 0.3 is 0 Å². The van der Waals surface area contributed by atoms with E-state index in [9.17, 15) is 0 Å². The number of hydrogen-bond donors (Lipinski definition) is 0. The van der Waals surface area contributed by atoms with Crippen molar-refractivity contribution >= 4 is 46.0 Å². The van der Waals surface area contributed by atoms with E-state index in [1.54, 1.807) is 0 Å². The van der Waals surface area contributed by atoms with Gasteiger partial charge in [0, 0.05) is 11.8 Å². The molecule has 0 amide bonds. The third-order valence-corrected chi connectivity index (χ3v) is 5.39. The predicted octanol–water partition coefficient (Wildman–Crippen LogP) is 4.89. The van der Waals surface area contributed by atoms with Crippen LogP contribution in [0.4, 0.5) is 0 Å². The number of hydrogen-bond acceptors (Lipinski definition) is 2. The van der Waals surface area contributed by atoms with Gasteiger partial charge in [-0.25, -0.2) is 4.98 Å². The SMILES string of the molecule is CC(Cl)c1nc2cccc(Cl)c2n1CC1CCCS1. The zero-order chi connectivity index (χ0) is 13.4. The smallest absolute Gasteiger partial charge is 0.127 e. The molecule has 0 aliphatic carbocycles. The second-order valence-corrected chi connectivity index (χ2v) is 7.41. The molecule has 102 valence electrons. The number of halogens is 2. The zero-order valence-electron chi connectivity index (χ0n) is 10.8. The molecule has 0 spiro atoms. The predicted molar refractivity (Wildman–Crippen MR) is 84.5 cm³/mol. The number of thioether (sulfide) groups is 1. The Hall–Kier alpha value is -0.380. The molecule has 0 N–H and O–H groups in total. The van der Waals surface area contributed by atoms with Crippen molar-refractivity contribution in [3.8, 4) is 0 Å². The number of rotatable bonds is 3. The zero-order valence-corrected chi connectivity index (χ0v) is 13.1. The molecule has 19 heavy (non-hydrogen) atoms. The minimum Gasteiger partial charge on any atom is -0.324 e. The van der Waals surface area contributed by atoms with Crippen molar-refractivity contribution in [3.05, 3.63) is 29.0 Å². The lowest BCUT2D eigenvalue weighted by Gasteiger charge is -2.15. The molecular weight excluding hydrogens is 299 g/mol. The molecule has 2 nitrogen and oxygen atoms in total. The first-order chi connectivity index (χ1) is 9.16. The van der Waals surface area contributed by atoms with Crippen LogP contribution in [0.1, 0.15) is 31.0 Å². The van der Waals surface area contributed by atoms with Crippen LogP contribution in [-0.2, 0) is 6.54 Å². The fourth-order valence-corrected chi connectivity index (χ4v) is 4.33. The minimum atomic E-state index is -0.102. The third kappa shape index (κ3) is 2.61. The fourth-order valence-electron chi connectivity index (χ4n) is 2.64. The van der Waals surface area contributed by atoms with Gasteiger partial charge in [0.15, 0.2) is 0 Å². The van der Waals surface area contributed by atoms with E-state index in [2.05, 4.69) is 9.55 Å². The lowest BCUT2D eigenvalue weighted by molar-refractivity contribution is 0.623. The molecule has 2 atom stereocenters. The van der Waals surface area contributed by atoms with Crippen molar-refractivity contribution in [3.63, 3.8) is 0 Å². The summed E-state index contributed by atoms with van der Waals surface area (Å²) in [5.41, 5.74) is 1.97. The summed E-state index contributed by atoms with van der Waals surface area (Å²) in [6, 6.07) is 5.86. The van der Waals surface area contributed by atoms with Gasteiger partial charge in [0.2, 0.25) is 0 Å². The third-order valence-electron chi connectivity index (χ3n) is 3.51. The van der Waals surface area contributed by atoms with Gasteiger partial charge in [0.1, 0.15) is 5.82 Å². The molecule has 0 radical (unpaired) electrons. The lowest BCUT2D eigenvalue weighted by Crippen LogP contribution is -2.13. The average Bonchev–Trinajstić information content (AvgIpc) is 2.98. The van der Waals surface area contributed by atoms with Gasteiger partial charge < -0.3 is 4.57 Å². The summed E-state index contributed by atoms with van der Waals surface area (Å²) >= 11 is 14.7. The highest BCUT2D eigenvalue weighted by atomic mass is 35.5. The Morgan fingerprint density at radius 2 is 2.37 bits per heavy atom. The van der Waals surface area contributed by atoms with Gasteiger partial charge in [-0.05, 0) is 37.7 Å². The molecule has 1 aliphatic rings. The largest absolute Gasteiger partial charge is 0.324 e. The van der Waals surface area contributed by atoms with E-state index in [4.69, 9.17) is 23.2 Å². The summed E-state index contributed by atoms with van der Waals surface area (Å²) in [6.45, 7) is 2.92. The maximum Gasteiger partial charge on any atom is 0.127 e. The molecule has 1 aromatic heterocycles. The summed E-state index contributed by atoms with van der Waals surface area (Å²) in [5.74, 6) is 2.19. The van der Waals surface area contributed by atoms with Gasteiger partial charge in [-0.2, -0.15) is 11.8 Å². The van der Waals surface area contributed by atoms with Crippen LogP contribution >= 0.6 is 35.0 Å². The van der Waals surface area contributed by atoms with E-state index >= 15 is 0 Å². The molecule has 1 saturated heterocycles. The highest BCUT2D eigenvalue weighted by Gasteiger charge is 2.22. The number of para-hydroxylation sites is 1. The van der Waals surface area contributed by atoms with Crippen LogP contribution in [-0.4, -0.2) is 20.6 Å². The quantitative estimate of drug-likeness (QED) is 0.751. The first-order valence-electron chi connectivity index (χ1n) is 6.57. The second-order valence-electron chi connectivity index (χ2n) is 4.94. The summed E-state index contributed by atoms with van der Waals surface area (Å²) in [7, 11) is 0. The molecule has 3 rings (SSSR count). The number of aromatic nitrogens is 2. The normalized spacial score (nSPS) is 21.1. The molecular formula is C14H16Cl2N2S. The molecule has 1 aliphatic heterocycles. The molecule has 0 bridgehead atoms. The van der Waals surface area contributed by atoms with E-state index in [0.717, 1.165) is 28.4 Å². The van der Waals surface area contributed by atoms with Gasteiger partial charge in [-0.15, -0.1) is 11.6 Å². The Morgan fingerprint density at radius 3 is 3.05 bits per heavy atom. The summed E-state index contributed by atoms with van der Waals surface area (Å²) in [6.07, 6.45) is 2.58. The minimum absolute atomic E-state index is 0.102. The Morgan fingerprint density at radius 1 is 1.53 bits per heavy atom. The van der Waals surface area contributed by atoms with Crippen molar-refractivity contribution < 1.29 is 0 Å². The van der Waals surface area contributed by atoms with E-state index in [-0.39, 0.29) is 5.38 Å². The highest BCUT2D eigenvalue weighted by molar-refractivity contribution is 8.00. The van der Waals surface area contributed by atoms with Crippen molar-refractivity contribution in [2.24, 2.45) is 0 Å². The molecule has 1 fully saturated rings. The fraction of sp³-hybridized carbons (Fsp3) is 0.500. The number of fused-ring (bicyclic) bond motifs is 1. The monoisotopic (exact) mass is 314 g/mol. The standard InChI is InChI=1S/C14H16Cl2N2S/c1-9(15)14-17-12-6-2-5-11(16)13(12)18(14)8-10-4-3-7-19-10/h2,5-6,9-10H,3-4,7-8H2,1H3. The van der Waals surface area contributed by atoms with Crippen molar-refractivity contribution in [1.29, 1.82) is 0 Å². The van der Waals surface area contributed by atoms with E-state index in [0.29, 0.717) is 5.25 Å². The van der Waals surface area contributed by atoms with Crippen LogP contribution in [0.2, 0.25) is 5.02 Å². The van der Waals surface area contributed by atoms with Crippen LogP contribution in [0, 0.1) is 0 Å². The lowest BCUT2D eigenvalue weighted by atomic mass is 10.2. The van der Waals surface area contributed by atoms with E-state index in [1.807, 2.05) is 36.9 Å². The van der Waals surface area contributed by atoms with Crippen LogP contribution in [0.25, 0.3) is 11.0 Å². The molecule has 2 heterocycles. The number of nitrogens with zero attached hydrogens (tertiary/aromatic N) is 2. The molecule has 5 heteroatoms. The Bertz CT molecular complexity index is 588. The summed E-state index contributed by atoms with van der Waals surface area (Å²) in [5, 5.41) is 1.31.